The van der Waals surface area contributed by atoms with Crippen LogP contribution in [-0.4, -0.2) is 32.3 Å². The third-order valence-corrected chi connectivity index (χ3v) is 3.90. The second-order valence-electron chi connectivity index (χ2n) is 5.71. The van der Waals surface area contributed by atoms with Crippen molar-refractivity contribution in [3.8, 4) is 0 Å². The topological polar surface area (TPSA) is 84.2 Å². The van der Waals surface area contributed by atoms with Gasteiger partial charge in [0.2, 0.25) is 5.91 Å². The van der Waals surface area contributed by atoms with Gasteiger partial charge >= 0.3 is 5.97 Å². The summed E-state index contributed by atoms with van der Waals surface area (Å²) in [6, 6.07) is 0. The second-order valence-corrected chi connectivity index (χ2v) is 5.71. The van der Waals surface area contributed by atoms with Gasteiger partial charge in [-0.15, -0.1) is 0 Å². The molecule has 118 valence electrons. The van der Waals surface area contributed by atoms with Crippen LogP contribution in [0.5, 0.6) is 0 Å². The lowest BCUT2D eigenvalue weighted by atomic mass is 9.95. The standard InChI is InChI=1S/C15H25N3O3/c1-6-9-15(4,14(20)21)16-13(19)8-7-12-10(2)17-18(5)11(12)3/h6-9H2,1-5H3,(H,16,19)(H,20,21). The molecular weight excluding hydrogens is 270 g/mol. The van der Waals surface area contributed by atoms with E-state index >= 15 is 0 Å². The molecule has 1 unspecified atom stereocenters. The van der Waals surface area contributed by atoms with E-state index < -0.39 is 11.5 Å². The molecule has 0 fully saturated rings. The van der Waals surface area contributed by atoms with E-state index in [9.17, 15) is 14.7 Å². The summed E-state index contributed by atoms with van der Waals surface area (Å²) < 4.78 is 1.79. The molecule has 0 aliphatic carbocycles. The summed E-state index contributed by atoms with van der Waals surface area (Å²) in [5.41, 5.74) is 1.82. The number of amides is 1. The Morgan fingerprint density at radius 2 is 2.00 bits per heavy atom. The van der Waals surface area contributed by atoms with E-state index in [2.05, 4.69) is 10.4 Å². The molecule has 6 heteroatoms. The van der Waals surface area contributed by atoms with Gasteiger partial charge in [-0.2, -0.15) is 5.10 Å². The first-order chi connectivity index (χ1) is 9.71. The van der Waals surface area contributed by atoms with Crippen LogP contribution in [-0.2, 0) is 23.1 Å². The van der Waals surface area contributed by atoms with Crippen molar-refractivity contribution in [3.05, 3.63) is 17.0 Å². The average Bonchev–Trinajstić information content (AvgIpc) is 2.61. The Labute approximate surface area is 125 Å². The van der Waals surface area contributed by atoms with Crippen molar-refractivity contribution in [1.29, 1.82) is 0 Å². The normalized spacial score (nSPS) is 13.8. The highest BCUT2D eigenvalue weighted by Gasteiger charge is 2.33. The van der Waals surface area contributed by atoms with Crippen LogP contribution in [0.15, 0.2) is 0 Å². The second kappa shape index (κ2) is 6.74. The Kier molecular flexibility index (Phi) is 5.52. The van der Waals surface area contributed by atoms with Crippen molar-refractivity contribution >= 4 is 11.9 Å². The van der Waals surface area contributed by atoms with Crippen molar-refractivity contribution < 1.29 is 14.7 Å². The molecule has 0 saturated carbocycles. The van der Waals surface area contributed by atoms with Crippen LogP contribution in [0.2, 0.25) is 0 Å². The molecule has 1 rings (SSSR count). The summed E-state index contributed by atoms with van der Waals surface area (Å²) in [5, 5.41) is 16.2. The molecule has 1 atom stereocenters. The summed E-state index contributed by atoms with van der Waals surface area (Å²) in [7, 11) is 1.87. The number of nitrogens with one attached hydrogen (secondary N) is 1. The fourth-order valence-corrected chi connectivity index (χ4v) is 2.51. The van der Waals surface area contributed by atoms with E-state index in [-0.39, 0.29) is 12.3 Å². The van der Waals surface area contributed by atoms with Gasteiger partial charge in [0.1, 0.15) is 5.54 Å². The van der Waals surface area contributed by atoms with E-state index in [0.29, 0.717) is 19.3 Å². The highest BCUT2D eigenvalue weighted by atomic mass is 16.4. The first-order valence-electron chi connectivity index (χ1n) is 7.24. The molecule has 1 aromatic rings. The number of rotatable bonds is 7. The molecule has 0 spiro atoms. The minimum atomic E-state index is -1.19. The molecule has 1 heterocycles. The molecular formula is C15H25N3O3. The lowest BCUT2D eigenvalue weighted by molar-refractivity contribution is -0.147. The van der Waals surface area contributed by atoms with Gasteiger partial charge in [0.25, 0.3) is 0 Å². The van der Waals surface area contributed by atoms with Crippen LogP contribution < -0.4 is 5.32 Å². The zero-order chi connectivity index (χ0) is 16.2. The van der Waals surface area contributed by atoms with Gasteiger partial charge in [-0.25, -0.2) is 4.79 Å². The molecule has 6 nitrogen and oxygen atoms in total. The number of hydrogen-bond acceptors (Lipinski definition) is 3. The maximum Gasteiger partial charge on any atom is 0.329 e. The first kappa shape index (κ1) is 17.2. The zero-order valence-electron chi connectivity index (χ0n) is 13.5. The molecule has 2 N–H and O–H groups in total. The minimum absolute atomic E-state index is 0.240. The van der Waals surface area contributed by atoms with Crippen LogP contribution in [0.4, 0.5) is 0 Å². The van der Waals surface area contributed by atoms with Crippen molar-refractivity contribution in [2.24, 2.45) is 7.05 Å². The Morgan fingerprint density at radius 3 is 2.43 bits per heavy atom. The van der Waals surface area contributed by atoms with Crippen molar-refractivity contribution in [2.75, 3.05) is 0 Å². The Morgan fingerprint density at radius 1 is 1.38 bits per heavy atom. The number of nitrogens with zero attached hydrogens (tertiary/aromatic N) is 2. The molecule has 0 radical (unpaired) electrons. The van der Waals surface area contributed by atoms with Gasteiger partial charge in [0.05, 0.1) is 5.69 Å². The van der Waals surface area contributed by atoms with Gasteiger partial charge in [-0.05, 0) is 39.2 Å². The Balaban J connectivity index is 2.67. The van der Waals surface area contributed by atoms with Crippen LogP contribution in [0.25, 0.3) is 0 Å². The largest absolute Gasteiger partial charge is 0.480 e. The maximum atomic E-state index is 12.0. The predicted molar refractivity (Wildman–Crippen MR) is 80.1 cm³/mol. The van der Waals surface area contributed by atoms with Gasteiger partial charge in [0.15, 0.2) is 0 Å². The molecule has 0 bridgehead atoms. The number of carbonyl (C=O) groups excluding carboxylic acids is 1. The highest BCUT2D eigenvalue weighted by Crippen LogP contribution is 2.16. The lowest BCUT2D eigenvalue weighted by Gasteiger charge is -2.25. The molecule has 0 aromatic carbocycles. The zero-order valence-corrected chi connectivity index (χ0v) is 13.5. The fraction of sp³-hybridized carbons (Fsp3) is 0.667. The van der Waals surface area contributed by atoms with Crippen LogP contribution >= 0.6 is 0 Å². The average molecular weight is 295 g/mol. The number of aromatic nitrogens is 2. The van der Waals surface area contributed by atoms with Gasteiger partial charge in [-0.1, -0.05) is 13.3 Å². The lowest BCUT2D eigenvalue weighted by Crippen LogP contribution is -2.52. The number of carboxylic acid groups (broad SMARTS) is 1. The third-order valence-electron chi connectivity index (χ3n) is 3.90. The smallest absolute Gasteiger partial charge is 0.329 e. The predicted octanol–water partition coefficient (Wildman–Crippen LogP) is 1.73. The van der Waals surface area contributed by atoms with Crippen molar-refractivity contribution in [2.45, 2.75) is 58.9 Å². The molecule has 0 saturated heterocycles. The first-order valence-corrected chi connectivity index (χ1v) is 7.24. The van der Waals surface area contributed by atoms with E-state index in [1.54, 1.807) is 11.6 Å². The maximum absolute atomic E-state index is 12.0. The van der Waals surface area contributed by atoms with Crippen molar-refractivity contribution in [1.82, 2.24) is 15.1 Å². The van der Waals surface area contributed by atoms with Crippen LogP contribution in [0, 0.1) is 13.8 Å². The molecule has 21 heavy (non-hydrogen) atoms. The van der Waals surface area contributed by atoms with E-state index in [4.69, 9.17) is 0 Å². The summed E-state index contributed by atoms with van der Waals surface area (Å²) in [5.74, 6) is -1.23. The number of carboxylic acids is 1. The van der Waals surface area contributed by atoms with E-state index in [0.717, 1.165) is 17.0 Å². The SMILES string of the molecule is CCCC(C)(NC(=O)CCc1c(C)nn(C)c1C)C(=O)O. The summed E-state index contributed by atoms with van der Waals surface area (Å²) in [6.45, 7) is 7.33. The van der Waals surface area contributed by atoms with Crippen LogP contribution in [0.1, 0.15) is 50.1 Å². The summed E-state index contributed by atoms with van der Waals surface area (Å²) in [4.78, 5) is 23.3. The quantitative estimate of drug-likeness (QED) is 0.802. The van der Waals surface area contributed by atoms with E-state index in [1.165, 1.54) is 0 Å². The van der Waals surface area contributed by atoms with Gasteiger partial charge < -0.3 is 10.4 Å². The Bertz CT molecular complexity index is 537. The minimum Gasteiger partial charge on any atom is -0.480 e. The summed E-state index contributed by atoms with van der Waals surface area (Å²) >= 11 is 0. The molecule has 1 aromatic heterocycles. The summed E-state index contributed by atoms with van der Waals surface area (Å²) in [6.07, 6.45) is 1.95. The number of hydrogen-bond donors (Lipinski definition) is 2. The van der Waals surface area contributed by atoms with Crippen LogP contribution in [0.3, 0.4) is 0 Å². The van der Waals surface area contributed by atoms with E-state index in [1.807, 2.05) is 27.8 Å². The van der Waals surface area contributed by atoms with Gasteiger partial charge in [-0.3, -0.25) is 9.48 Å². The molecule has 0 aliphatic heterocycles. The highest BCUT2D eigenvalue weighted by molar-refractivity contribution is 5.86. The molecule has 1 amide bonds. The molecule has 0 aliphatic rings. The number of aryl methyl sites for hydroxylation is 2. The monoisotopic (exact) mass is 295 g/mol. The number of carbonyl (C=O) groups is 2. The third kappa shape index (κ3) is 4.06. The Hall–Kier alpha value is -1.85. The fourth-order valence-electron chi connectivity index (χ4n) is 2.51. The number of aliphatic carboxylic acids is 1. The van der Waals surface area contributed by atoms with Gasteiger partial charge in [0, 0.05) is 19.2 Å². The van der Waals surface area contributed by atoms with Crippen molar-refractivity contribution in [3.63, 3.8) is 0 Å².